The molecule has 0 aromatic heterocycles. The van der Waals surface area contributed by atoms with Gasteiger partial charge in [0.2, 0.25) is 0 Å². The number of hydrogen-bond donors (Lipinski definition) is 0. The van der Waals surface area contributed by atoms with E-state index < -0.39 is 7.60 Å². The summed E-state index contributed by atoms with van der Waals surface area (Å²) < 4.78 is 10.4. The standard InChI is InChI=1S/C8H19O3P.Fe/c1-3-5-6-8(4-2)7-12(9,10)11;/h8H,3-7H2,1-2H3,(H2,9,10,11);/q;+3/p-2. The van der Waals surface area contributed by atoms with Crippen LogP contribution in [0.1, 0.15) is 39.5 Å². The molecule has 13 heavy (non-hydrogen) atoms. The fourth-order valence-electron chi connectivity index (χ4n) is 1.23. The molecule has 79 valence electrons. The molecule has 0 aliphatic carbocycles. The first-order chi connectivity index (χ1) is 5.49. The predicted octanol–water partition coefficient (Wildman–Crippen LogP) is 1.11. The van der Waals surface area contributed by atoms with E-state index in [1.807, 2.05) is 6.92 Å². The van der Waals surface area contributed by atoms with Crippen LogP contribution in [0.5, 0.6) is 0 Å². The maximum atomic E-state index is 10.4. The van der Waals surface area contributed by atoms with E-state index in [4.69, 9.17) is 0 Å². The average molecular weight is 248 g/mol. The molecule has 0 rings (SSSR count). The van der Waals surface area contributed by atoms with E-state index in [-0.39, 0.29) is 29.1 Å². The molecule has 0 spiro atoms. The molecule has 0 saturated carbocycles. The Morgan fingerprint density at radius 1 is 1.31 bits per heavy atom. The summed E-state index contributed by atoms with van der Waals surface area (Å²) in [5.41, 5.74) is 0. The third-order valence-corrected chi connectivity index (χ3v) is 2.99. The molecule has 0 heterocycles. The number of unbranched alkanes of at least 4 members (excludes halogenated alkanes) is 1. The Balaban J connectivity index is 0. The van der Waals surface area contributed by atoms with Crippen LogP contribution < -0.4 is 9.79 Å². The number of hydrogen-bond acceptors (Lipinski definition) is 3. The first-order valence-electron chi connectivity index (χ1n) is 4.50. The summed E-state index contributed by atoms with van der Waals surface area (Å²) in [5, 5.41) is 0. The molecule has 1 unspecified atom stereocenters. The van der Waals surface area contributed by atoms with Gasteiger partial charge in [-0.05, 0) is 12.1 Å². The van der Waals surface area contributed by atoms with Crippen molar-refractivity contribution in [2.45, 2.75) is 39.5 Å². The molecule has 0 fully saturated rings. The third kappa shape index (κ3) is 10.6. The van der Waals surface area contributed by atoms with Crippen LogP contribution in [0.25, 0.3) is 0 Å². The first kappa shape index (κ1) is 16.1. The molecule has 0 aromatic rings. The molecule has 0 bridgehead atoms. The van der Waals surface area contributed by atoms with Crippen LogP contribution >= 0.6 is 7.60 Å². The second-order valence-electron chi connectivity index (χ2n) is 3.21. The summed E-state index contributed by atoms with van der Waals surface area (Å²) in [6.45, 7) is 3.98. The van der Waals surface area contributed by atoms with Crippen LogP contribution in [0.2, 0.25) is 0 Å². The quantitative estimate of drug-likeness (QED) is 0.522. The molecule has 1 radical (unpaired) electrons. The Morgan fingerprint density at radius 2 is 1.85 bits per heavy atom. The topological polar surface area (TPSA) is 63.2 Å². The minimum Gasteiger partial charge on any atom is -0.811 e. The smallest absolute Gasteiger partial charge is 0.811 e. The van der Waals surface area contributed by atoms with Crippen molar-refractivity contribution in [2.75, 3.05) is 6.16 Å². The van der Waals surface area contributed by atoms with Gasteiger partial charge in [0.1, 0.15) is 0 Å². The van der Waals surface area contributed by atoms with Gasteiger partial charge in [-0.15, -0.1) is 0 Å². The van der Waals surface area contributed by atoms with Crippen molar-refractivity contribution < 1.29 is 31.4 Å². The Labute approximate surface area is 90.9 Å². The Kier molecular flexibility index (Phi) is 9.94. The van der Waals surface area contributed by atoms with Gasteiger partial charge in [0.05, 0.1) is 0 Å². The van der Waals surface area contributed by atoms with Gasteiger partial charge in [-0.2, -0.15) is 0 Å². The van der Waals surface area contributed by atoms with Crippen molar-refractivity contribution in [3.63, 3.8) is 0 Å². The van der Waals surface area contributed by atoms with Crippen LogP contribution in [0.15, 0.2) is 0 Å². The van der Waals surface area contributed by atoms with Crippen LogP contribution in [0.4, 0.5) is 0 Å². The minimum absolute atomic E-state index is 0. The summed E-state index contributed by atoms with van der Waals surface area (Å²) >= 11 is 0. The average Bonchev–Trinajstić information content (AvgIpc) is 1.95. The van der Waals surface area contributed by atoms with Gasteiger partial charge in [-0.3, -0.25) is 0 Å². The molecular formula is C8H17FeO3P+. The fourth-order valence-corrected chi connectivity index (χ4v) is 2.31. The Bertz CT molecular complexity index is 157. The van der Waals surface area contributed by atoms with E-state index in [1.165, 1.54) is 0 Å². The van der Waals surface area contributed by atoms with Gasteiger partial charge in [0.15, 0.2) is 0 Å². The minimum atomic E-state index is -4.28. The first-order valence-corrected chi connectivity index (χ1v) is 6.23. The van der Waals surface area contributed by atoms with Gasteiger partial charge < -0.3 is 14.4 Å². The summed E-state index contributed by atoms with van der Waals surface area (Å²) in [5.74, 6) is 0.0748. The van der Waals surface area contributed by atoms with Gasteiger partial charge in [-0.1, -0.05) is 47.1 Å². The molecule has 0 aliphatic heterocycles. The van der Waals surface area contributed by atoms with Crippen LogP contribution in [-0.4, -0.2) is 6.16 Å². The summed E-state index contributed by atoms with van der Waals surface area (Å²) in [4.78, 5) is 20.9. The predicted molar refractivity (Wildman–Crippen MR) is 45.8 cm³/mol. The van der Waals surface area contributed by atoms with E-state index in [9.17, 15) is 14.4 Å². The summed E-state index contributed by atoms with van der Waals surface area (Å²) in [7, 11) is -4.28. The molecule has 0 saturated heterocycles. The second kappa shape index (κ2) is 8.02. The molecule has 1 atom stereocenters. The maximum Gasteiger partial charge on any atom is 3.00 e. The number of rotatable bonds is 6. The van der Waals surface area contributed by atoms with Crippen LogP contribution in [0, 0.1) is 5.92 Å². The zero-order valence-corrected chi connectivity index (χ0v) is 10.1. The van der Waals surface area contributed by atoms with Crippen molar-refractivity contribution in [1.29, 1.82) is 0 Å². The Morgan fingerprint density at radius 3 is 2.15 bits per heavy atom. The molecule has 3 nitrogen and oxygen atoms in total. The van der Waals surface area contributed by atoms with E-state index in [0.29, 0.717) is 0 Å². The van der Waals surface area contributed by atoms with Crippen molar-refractivity contribution >= 4 is 7.60 Å². The van der Waals surface area contributed by atoms with E-state index in [0.717, 1.165) is 25.7 Å². The van der Waals surface area contributed by atoms with Crippen molar-refractivity contribution in [1.82, 2.24) is 0 Å². The summed E-state index contributed by atoms with van der Waals surface area (Å²) in [6, 6.07) is 0. The Hall–Kier alpha value is 0.669. The summed E-state index contributed by atoms with van der Waals surface area (Å²) in [6.07, 6.45) is 3.55. The van der Waals surface area contributed by atoms with Crippen molar-refractivity contribution in [2.24, 2.45) is 5.92 Å². The van der Waals surface area contributed by atoms with E-state index in [1.54, 1.807) is 0 Å². The van der Waals surface area contributed by atoms with E-state index in [2.05, 4.69) is 6.92 Å². The molecule has 0 amide bonds. The molecule has 5 heteroatoms. The molecular weight excluding hydrogens is 231 g/mol. The van der Waals surface area contributed by atoms with Crippen LogP contribution in [0.3, 0.4) is 0 Å². The van der Waals surface area contributed by atoms with Crippen molar-refractivity contribution in [3.8, 4) is 0 Å². The largest absolute Gasteiger partial charge is 3.00 e. The fraction of sp³-hybridized carbons (Fsp3) is 1.00. The zero-order chi connectivity index (χ0) is 9.61. The van der Waals surface area contributed by atoms with E-state index >= 15 is 0 Å². The monoisotopic (exact) mass is 248 g/mol. The van der Waals surface area contributed by atoms with Gasteiger partial charge in [-0.25, -0.2) is 0 Å². The molecule has 0 aliphatic rings. The second-order valence-corrected chi connectivity index (χ2v) is 4.80. The zero-order valence-electron chi connectivity index (χ0n) is 8.14. The SMILES string of the molecule is CCCCC(CC)CP(=O)([O-])[O-].[Fe+3]. The van der Waals surface area contributed by atoms with Gasteiger partial charge in [0, 0.05) is 0 Å². The van der Waals surface area contributed by atoms with Gasteiger partial charge in [0.25, 0.3) is 0 Å². The normalized spacial score (nSPS) is 13.5. The molecule has 0 N–H and O–H groups in total. The third-order valence-electron chi connectivity index (χ3n) is 2.03. The molecule has 0 aromatic carbocycles. The van der Waals surface area contributed by atoms with Gasteiger partial charge >= 0.3 is 17.1 Å². The maximum absolute atomic E-state index is 10.4. The van der Waals surface area contributed by atoms with Crippen molar-refractivity contribution in [3.05, 3.63) is 0 Å². The van der Waals surface area contributed by atoms with Crippen LogP contribution in [-0.2, 0) is 21.6 Å².